The molecule has 0 saturated carbocycles. The minimum Gasteiger partial charge on any atom is -0.406 e. The fraction of sp³-hybridized carbons (Fsp3) is 0.231. The molecule has 0 N–H and O–H groups in total. The third-order valence-electron chi connectivity index (χ3n) is 5.57. The molecule has 1 aliphatic carbocycles. The van der Waals surface area contributed by atoms with Gasteiger partial charge in [-0.05, 0) is 70.9 Å². The zero-order valence-electron chi connectivity index (χ0n) is 17.4. The van der Waals surface area contributed by atoms with Crippen LogP contribution in [0.5, 0.6) is 5.75 Å². The third kappa shape index (κ3) is 4.69. The van der Waals surface area contributed by atoms with E-state index in [-0.39, 0.29) is 11.1 Å². The first-order valence-corrected chi connectivity index (χ1v) is 10.4. The van der Waals surface area contributed by atoms with E-state index in [4.69, 9.17) is 0 Å². The van der Waals surface area contributed by atoms with Crippen molar-refractivity contribution >= 4 is 11.6 Å². The summed E-state index contributed by atoms with van der Waals surface area (Å²) in [5, 5.41) is 0. The molecule has 0 bridgehead atoms. The van der Waals surface area contributed by atoms with E-state index < -0.39 is 23.7 Å². The summed E-state index contributed by atoms with van der Waals surface area (Å²) in [6.07, 6.45) is 0.0693. The Labute approximate surface area is 183 Å². The number of fused-ring (bicyclic) bond motifs is 1. The Hall–Kier alpha value is -3.15. The van der Waals surface area contributed by atoms with E-state index in [2.05, 4.69) is 23.8 Å². The SMILES string of the molecule is CCCc1ccc(C2=Cc3cc(F)c(-c4ccc(OC(F)(F)F)cc4)c(F)c3CC2)cc1. The van der Waals surface area contributed by atoms with Gasteiger partial charge in [0.05, 0.1) is 5.56 Å². The van der Waals surface area contributed by atoms with E-state index in [1.54, 1.807) is 0 Å². The molecule has 0 heterocycles. The lowest BCUT2D eigenvalue weighted by Gasteiger charge is -2.20. The van der Waals surface area contributed by atoms with Crippen molar-refractivity contribution in [3.05, 3.63) is 88.5 Å². The topological polar surface area (TPSA) is 9.23 Å². The second-order valence-electron chi connectivity index (χ2n) is 7.80. The number of ether oxygens (including phenoxy) is 1. The zero-order chi connectivity index (χ0) is 22.9. The van der Waals surface area contributed by atoms with Crippen molar-refractivity contribution in [2.24, 2.45) is 0 Å². The first kappa shape index (κ1) is 22.1. The molecule has 0 radical (unpaired) electrons. The van der Waals surface area contributed by atoms with Crippen LogP contribution in [0.2, 0.25) is 0 Å². The van der Waals surface area contributed by atoms with Crippen LogP contribution in [-0.2, 0) is 12.8 Å². The normalized spacial score (nSPS) is 13.5. The fourth-order valence-electron chi connectivity index (χ4n) is 4.07. The van der Waals surface area contributed by atoms with Gasteiger partial charge in [-0.3, -0.25) is 0 Å². The molecule has 3 aromatic carbocycles. The summed E-state index contributed by atoms with van der Waals surface area (Å²) in [6, 6.07) is 14.0. The van der Waals surface area contributed by atoms with E-state index in [9.17, 15) is 17.6 Å². The standard InChI is InChI=1S/C26H21F5O/c1-2-3-16-4-6-17(7-5-16)19-10-13-22-20(14-19)15-23(27)24(25(22)28)18-8-11-21(12-9-18)32-26(29,30)31/h4-9,11-12,14-15H,2-3,10,13H2,1H3. The van der Waals surface area contributed by atoms with Crippen LogP contribution in [0.1, 0.15) is 42.0 Å². The van der Waals surface area contributed by atoms with Gasteiger partial charge in [-0.2, -0.15) is 0 Å². The molecule has 0 atom stereocenters. The van der Waals surface area contributed by atoms with E-state index >= 15 is 4.39 Å². The number of rotatable bonds is 5. The number of allylic oxidation sites excluding steroid dienone is 1. The maximum atomic E-state index is 15.3. The number of halogens is 5. The molecule has 0 spiro atoms. The Morgan fingerprint density at radius 3 is 2.16 bits per heavy atom. The van der Waals surface area contributed by atoms with Crippen LogP contribution in [0, 0.1) is 11.6 Å². The number of alkyl halides is 3. The first-order valence-electron chi connectivity index (χ1n) is 10.4. The molecule has 32 heavy (non-hydrogen) atoms. The summed E-state index contributed by atoms with van der Waals surface area (Å²) in [5.74, 6) is -1.89. The molecule has 1 nitrogen and oxygen atoms in total. The fourth-order valence-corrected chi connectivity index (χ4v) is 4.07. The van der Waals surface area contributed by atoms with Gasteiger partial charge < -0.3 is 4.74 Å². The van der Waals surface area contributed by atoms with E-state index in [1.807, 2.05) is 18.2 Å². The van der Waals surface area contributed by atoms with Crippen molar-refractivity contribution < 1.29 is 26.7 Å². The molecular formula is C26H21F5O. The Morgan fingerprint density at radius 1 is 0.875 bits per heavy atom. The van der Waals surface area contributed by atoms with Gasteiger partial charge in [0.2, 0.25) is 0 Å². The molecule has 166 valence electrons. The summed E-state index contributed by atoms with van der Waals surface area (Å²) in [4.78, 5) is 0. The van der Waals surface area contributed by atoms with Gasteiger partial charge in [0.25, 0.3) is 0 Å². The minimum atomic E-state index is -4.83. The smallest absolute Gasteiger partial charge is 0.406 e. The Morgan fingerprint density at radius 2 is 1.53 bits per heavy atom. The van der Waals surface area contributed by atoms with E-state index in [0.29, 0.717) is 24.0 Å². The summed E-state index contributed by atoms with van der Waals surface area (Å²) in [7, 11) is 0. The quantitative estimate of drug-likeness (QED) is 0.363. The largest absolute Gasteiger partial charge is 0.573 e. The molecule has 4 rings (SSSR count). The Bertz CT molecular complexity index is 1140. The third-order valence-corrected chi connectivity index (χ3v) is 5.57. The van der Waals surface area contributed by atoms with E-state index in [0.717, 1.165) is 36.1 Å². The number of hydrogen-bond donors (Lipinski definition) is 0. The predicted octanol–water partition coefficient (Wildman–Crippen LogP) is 7.97. The van der Waals surface area contributed by atoms with Crippen LogP contribution in [0.15, 0.2) is 54.6 Å². The predicted molar refractivity (Wildman–Crippen MR) is 115 cm³/mol. The average molecular weight is 444 g/mol. The summed E-state index contributed by atoms with van der Waals surface area (Å²) in [6.45, 7) is 2.12. The van der Waals surface area contributed by atoms with Crippen molar-refractivity contribution in [1.82, 2.24) is 0 Å². The van der Waals surface area contributed by atoms with Crippen molar-refractivity contribution in [2.75, 3.05) is 0 Å². The second kappa shape index (κ2) is 8.77. The highest BCUT2D eigenvalue weighted by Crippen LogP contribution is 2.38. The van der Waals surface area contributed by atoms with Gasteiger partial charge in [0, 0.05) is 0 Å². The summed E-state index contributed by atoms with van der Waals surface area (Å²) >= 11 is 0. The zero-order valence-corrected chi connectivity index (χ0v) is 17.4. The number of aryl methyl sites for hydroxylation is 1. The van der Waals surface area contributed by atoms with E-state index in [1.165, 1.54) is 23.8 Å². The van der Waals surface area contributed by atoms with Gasteiger partial charge in [0.15, 0.2) is 0 Å². The molecule has 0 aromatic heterocycles. The Kier molecular flexibility index (Phi) is 6.04. The molecule has 0 fully saturated rings. The minimum absolute atomic E-state index is 0.151. The van der Waals surface area contributed by atoms with Crippen LogP contribution in [-0.4, -0.2) is 6.36 Å². The Balaban J connectivity index is 1.65. The lowest BCUT2D eigenvalue weighted by molar-refractivity contribution is -0.274. The monoisotopic (exact) mass is 444 g/mol. The molecular weight excluding hydrogens is 423 g/mol. The molecule has 0 saturated heterocycles. The van der Waals surface area contributed by atoms with Gasteiger partial charge in [-0.25, -0.2) is 8.78 Å². The van der Waals surface area contributed by atoms with Crippen molar-refractivity contribution in [3.8, 4) is 16.9 Å². The lowest BCUT2D eigenvalue weighted by Crippen LogP contribution is -2.16. The highest BCUT2D eigenvalue weighted by atomic mass is 19.4. The van der Waals surface area contributed by atoms with Gasteiger partial charge in [-0.15, -0.1) is 13.2 Å². The van der Waals surface area contributed by atoms with Crippen LogP contribution in [0.25, 0.3) is 22.8 Å². The van der Waals surface area contributed by atoms with Gasteiger partial charge in [-0.1, -0.05) is 55.8 Å². The average Bonchev–Trinajstić information content (AvgIpc) is 2.74. The van der Waals surface area contributed by atoms with Crippen LogP contribution < -0.4 is 4.74 Å². The molecule has 6 heteroatoms. The molecule has 3 aromatic rings. The molecule has 0 unspecified atom stereocenters. The van der Waals surface area contributed by atoms with Crippen LogP contribution in [0.4, 0.5) is 22.0 Å². The lowest BCUT2D eigenvalue weighted by atomic mass is 9.86. The molecule has 1 aliphatic rings. The number of hydrogen-bond acceptors (Lipinski definition) is 1. The molecule has 0 amide bonds. The van der Waals surface area contributed by atoms with Crippen molar-refractivity contribution in [1.29, 1.82) is 0 Å². The first-order chi connectivity index (χ1) is 15.2. The van der Waals surface area contributed by atoms with Gasteiger partial charge >= 0.3 is 6.36 Å². The van der Waals surface area contributed by atoms with Crippen molar-refractivity contribution in [2.45, 2.75) is 39.0 Å². The highest BCUT2D eigenvalue weighted by Gasteiger charge is 2.31. The van der Waals surface area contributed by atoms with Gasteiger partial charge in [0.1, 0.15) is 17.4 Å². The maximum absolute atomic E-state index is 15.3. The summed E-state index contributed by atoms with van der Waals surface area (Å²) in [5.41, 5.74) is 4.09. The van der Waals surface area contributed by atoms with Crippen LogP contribution >= 0.6 is 0 Å². The maximum Gasteiger partial charge on any atom is 0.573 e. The summed E-state index contributed by atoms with van der Waals surface area (Å²) < 4.78 is 71.0. The van der Waals surface area contributed by atoms with Crippen molar-refractivity contribution in [3.63, 3.8) is 0 Å². The number of benzene rings is 3. The highest BCUT2D eigenvalue weighted by molar-refractivity contribution is 5.85. The van der Waals surface area contributed by atoms with Crippen LogP contribution in [0.3, 0.4) is 0 Å². The molecule has 0 aliphatic heterocycles. The second-order valence-corrected chi connectivity index (χ2v) is 7.80.